The van der Waals surface area contributed by atoms with E-state index in [2.05, 4.69) is 168 Å². The van der Waals surface area contributed by atoms with Crippen molar-refractivity contribution in [2.24, 2.45) is 0 Å². The number of rotatable bonds is 3. The molecule has 0 unspecified atom stereocenters. The number of fused-ring (bicyclic) bond motifs is 7. The molecule has 0 saturated heterocycles. The quantitative estimate of drug-likeness (QED) is 0.195. The fourth-order valence-electron chi connectivity index (χ4n) is 7.60. The van der Waals surface area contributed by atoms with Crippen molar-refractivity contribution < 1.29 is 0 Å². The minimum Gasteiger partial charge on any atom is -0.309 e. The van der Waals surface area contributed by atoms with E-state index in [1.165, 1.54) is 92.2 Å². The molecule has 0 amide bonds. The van der Waals surface area contributed by atoms with E-state index in [1.54, 1.807) is 0 Å². The predicted molar refractivity (Wildman–Crippen MR) is 196 cm³/mol. The summed E-state index contributed by atoms with van der Waals surface area (Å²) in [5, 5.41) is 7.79. The second-order valence-electron chi connectivity index (χ2n) is 12.1. The van der Waals surface area contributed by atoms with Gasteiger partial charge in [-0.05, 0) is 80.4 Å². The monoisotopic (exact) mass is 601 g/mol. The number of hydrogen-bond acceptors (Lipinski definition) is 1. The first kappa shape index (κ1) is 25.7. The molecule has 46 heavy (non-hydrogen) atoms. The zero-order valence-electron chi connectivity index (χ0n) is 24.9. The molecule has 8 aromatic carbocycles. The molecular weight excluding hydrogens is 575 g/mol. The van der Waals surface area contributed by atoms with Crippen molar-refractivity contribution >= 4 is 55.1 Å². The van der Waals surface area contributed by atoms with Gasteiger partial charge in [-0.2, -0.15) is 0 Å². The Morgan fingerprint density at radius 2 is 1.07 bits per heavy atom. The lowest BCUT2D eigenvalue weighted by atomic mass is 9.90. The van der Waals surface area contributed by atoms with Crippen LogP contribution < -0.4 is 0 Å². The maximum Gasteiger partial charge on any atom is 0.0547 e. The highest BCUT2D eigenvalue weighted by Gasteiger charge is 2.22. The molecule has 2 heterocycles. The molecule has 10 rings (SSSR count). The number of nitrogens with zero attached hydrogens (tertiary/aromatic N) is 1. The molecular formula is C44H27NS. The highest BCUT2D eigenvalue weighted by Crippen LogP contribution is 2.49. The normalized spacial score (nSPS) is 12.3. The van der Waals surface area contributed by atoms with E-state index in [4.69, 9.17) is 0 Å². The van der Waals surface area contributed by atoms with E-state index in [-0.39, 0.29) is 0 Å². The largest absolute Gasteiger partial charge is 0.309 e. The lowest BCUT2D eigenvalue weighted by Crippen LogP contribution is -1.98. The van der Waals surface area contributed by atoms with Crippen molar-refractivity contribution in [3.05, 3.63) is 164 Å². The zero-order valence-corrected chi connectivity index (χ0v) is 25.8. The molecule has 0 aliphatic carbocycles. The van der Waals surface area contributed by atoms with E-state index in [9.17, 15) is 0 Å². The number of aromatic nitrogens is 1. The third-order valence-electron chi connectivity index (χ3n) is 9.59. The van der Waals surface area contributed by atoms with Gasteiger partial charge in [0.1, 0.15) is 0 Å². The molecule has 0 N–H and O–H groups in total. The van der Waals surface area contributed by atoms with E-state index < -0.39 is 0 Å². The first-order valence-corrected chi connectivity index (χ1v) is 16.6. The van der Waals surface area contributed by atoms with E-state index in [0.717, 1.165) is 0 Å². The lowest BCUT2D eigenvalue weighted by Gasteiger charge is -2.22. The minimum atomic E-state index is 1.18. The van der Waals surface area contributed by atoms with E-state index in [1.807, 2.05) is 11.8 Å². The molecule has 2 heteroatoms. The van der Waals surface area contributed by atoms with Crippen LogP contribution in [0, 0.1) is 0 Å². The van der Waals surface area contributed by atoms with Crippen LogP contribution in [0.15, 0.2) is 174 Å². The van der Waals surface area contributed by atoms with Gasteiger partial charge in [0.05, 0.1) is 16.7 Å². The predicted octanol–water partition coefficient (Wildman–Crippen LogP) is 12.6. The van der Waals surface area contributed by atoms with Gasteiger partial charge in [0.15, 0.2) is 0 Å². The van der Waals surface area contributed by atoms with Crippen molar-refractivity contribution in [1.29, 1.82) is 0 Å². The van der Waals surface area contributed by atoms with Gasteiger partial charge >= 0.3 is 0 Å². The van der Waals surface area contributed by atoms with Crippen LogP contribution in [0.3, 0.4) is 0 Å². The Morgan fingerprint density at radius 3 is 1.98 bits per heavy atom. The summed E-state index contributed by atoms with van der Waals surface area (Å²) in [6, 6.07) is 60.2. The van der Waals surface area contributed by atoms with Crippen molar-refractivity contribution in [1.82, 2.24) is 4.57 Å². The van der Waals surface area contributed by atoms with Gasteiger partial charge in [-0.1, -0.05) is 139 Å². The van der Waals surface area contributed by atoms with E-state index in [0.29, 0.717) is 0 Å². The second kappa shape index (κ2) is 9.97. The Labute approximate surface area is 271 Å². The minimum absolute atomic E-state index is 1.18. The number of para-hydroxylation sites is 2. The van der Waals surface area contributed by atoms with Gasteiger partial charge in [-0.3, -0.25) is 0 Å². The fourth-order valence-corrected chi connectivity index (χ4v) is 8.72. The molecule has 1 aromatic heterocycles. The highest BCUT2D eigenvalue weighted by atomic mass is 32.2. The summed E-state index contributed by atoms with van der Waals surface area (Å²) in [6.45, 7) is 0. The van der Waals surface area contributed by atoms with Gasteiger partial charge in [0, 0.05) is 31.5 Å². The van der Waals surface area contributed by atoms with Crippen LogP contribution >= 0.6 is 11.8 Å². The molecule has 1 nitrogen and oxygen atoms in total. The molecule has 0 saturated carbocycles. The third-order valence-corrected chi connectivity index (χ3v) is 10.7. The van der Waals surface area contributed by atoms with Crippen LogP contribution in [0.4, 0.5) is 0 Å². The maximum atomic E-state index is 2.46. The molecule has 0 bridgehead atoms. The first-order valence-electron chi connectivity index (χ1n) is 15.8. The van der Waals surface area contributed by atoms with Gasteiger partial charge in [-0.15, -0.1) is 0 Å². The average molecular weight is 602 g/mol. The van der Waals surface area contributed by atoms with Crippen LogP contribution in [0.2, 0.25) is 0 Å². The Kier molecular flexibility index (Phi) is 5.58. The van der Waals surface area contributed by atoms with Crippen molar-refractivity contribution in [3.63, 3.8) is 0 Å². The average Bonchev–Trinajstić information content (AvgIpc) is 3.46. The molecule has 0 fully saturated rings. The molecule has 0 spiro atoms. The molecule has 0 radical (unpaired) electrons. The topological polar surface area (TPSA) is 4.93 Å². The smallest absolute Gasteiger partial charge is 0.0547 e. The Bertz CT molecular complexity index is 2670. The van der Waals surface area contributed by atoms with Crippen LogP contribution in [0.5, 0.6) is 0 Å². The molecule has 214 valence electrons. The maximum absolute atomic E-state index is 2.46. The molecule has 1 aliphatic heterocycles. The lowest BCUT2D eigenvalue weighted by molar-refractivity contribution is 1.18. The Morgan fingerprint density at radius 1 is 0.370 bits per heavy atom. The fraction of sp³-hybridized carbons (Fsp3) is 0. The second-order valence-corrected chi connectivity index (χ2v) is 13.2. The summed E-state index contributed by atoms with van der Waals surface area (Å²) in [5.74, 6) is 0. The first-order chi connectivity index (χ1) is 22.8. The SMILES string of the molecule is c1ccc(-c2ccccc2-n2c3ccccc3c3c4ccccc4ccc32)c(-c2ccc3c(c2)-c2cccc4cccc(c24)S3)c1. The standard InChI is InChI=1S/C44H27NS/c1-2-15-32-28(11-1)23-25-40-44(32)36-18-6-8-21-39(36)45(40)38-20-7-5-17-34(38)33-16-4-3-14-31(33)30-24-26-41-37(27-30)35-19-9-12-29-13-10-22-42(46-41)43(29)35/h1-27H. The van der Waals surface area contributed by atoms with Crippen LogP contribution in [-0.4, -0.2) is 4.57 Å². The van der Waals surface area contributed by atoms with Gasteiger partial charge < -0.3 is 4.57 Å². The van der Waals surface area contributed by atoms with Gasteiger partial charge in [0.2, 0.25) is 0 Å². The van der Waals surface area contributed by atoms with Gasteiger partial charge in [-0.25, -0.2) is 0 Å². The van der Waals surface area contributed by atoms with Crippen LogP contribution in [0.25, 0.3) is 82.4 Å². The van der Waals surface area contributed by atoms with Gasteiger partial charge in [0.25, 0.3) is 0 Å². The summed E-state index contributed by atoms with van der Waals surface area (Å²) in [4.78, 5) is 2.65. The summed E-state index contributed by atoms with van der Waals surface area (Å²) in [5.41, 5.74) is 11.2. The van der Waals surface area contributed by atoms with Crippen LogP contribution in [0.1, 0.15) is 0 Å². The summed E-state index contributed by atoms with van der Waals surface area (Å²) in [6.07, 6.45) is 0. The molecule has 0 atom stereocenters. The zero-order chi connectivity index (χ0) is 30.2. The third kappa shape index (κ3) is 3.71. The van der Waals surface area contributed by atoms with Crippen molar-refractivity contribution in [2.75, 3.05) is 0 Å². The summed E-state index contributed by atoms with van der Waals surface area (Å²) >= 11 is 1.88. The van der Waals surface area contributed by atoms with Crippen molar-refractivity contribution in [3.8, 4) is 39.1 Å². The molecule has 1 aliphatic rings. The number of hydrogen-bond donors (Lipinski definition) is 0. The Hall–Kier alpha value is -5.57. The highest BCUT2D eigenvalue weighted by molar-refractivity contribution is 7.99. The molecule has 9 aromatic rings. The van der Waals surface area contributed by atoms with Crippen molar-refractivity contribution in [2.45, 2.75) is 9.79 Å². The summed E-state index contributed by atoms with van der Waals surface area (Å²) in [7, 11) is 0. The van der Waals surface area contributed by atoms with E-state index >= 15 is 0 Å². The Balaban J connectivity index is 1.21. The van der Waals surface area contributed by atoms with Crippen LogP contribution in [-0.2, 0) is 0 Å². The number of benzene rings is 8. The summed E-state index contributed by atoms with van der Waals surface area (Å²) < 4.78 is 2.46.